The lowest BCUT2D eigenvalue weighted by atomic mass is 10.1. The van der Waals surface area contributed by atoms with E-state index in [1.54, 1.807) is 6.20 Å². The summed E-state index contributed by atoms with van der Waals surface area (Å²) in [5.74, 6) is 0.696. The van der Waals surface area contributed by atoms with Crippen molar-refractivity contribution in [2.45, 2.75) is 46.3 Å². The predicted molar refractivity (Wildman–Crippen MR) is 91.6 cm³/mol. The molecule has 122 valence electrons. The first-order valence-electron chi connectivity index (χ1n) is 8.35. The van der Waals surface area contributed by atoms with Gasteiger partial charge in [-0.1, -0.05) is 29.8 Å². The Balaban J connectivity index is 1.52. The smallest absolute Gasteiger partial charge is 0.235 e. The third-order valence-electron chi connectivity index (χ3n) is 4.37. The quantitative estimate of drug-likeness (QED) is 0.867. The van der Waals surface area contributed by atoms with Gasteiger partial charge in [-0.15, -0.1) is 0 Å². The highest BCUT2D eigenvalue weighted by molar-refractivity contribution is 5.21. The van der Waals surface area contributed by atoms with Gasteiger partial charge in [0.1, 0.15) is 6.10 Å². The molecular weight excluding hydrogens is 286 g/mol. The molecule has 23 heavy (non-hydrogen) atoms. The lowest BCUT2D eigenvalue weighted by Gasteiger charge is -2.32. The minimum absolute atomic E-state index is 0.249. The van der Waals surface area contributed by atoms with Crippen LogP contribution in [-0.2, 0) is 6.54 Å². The van der Waals surface area contributed by atoms with E-state index in [2.05, 4.69) is 46.1 Å². The number of ether oxygens (including phenoxy) is 1. The van der Waals surface area contributed by atoms with Crippen molar-refractivity contribution in [2.75, 3.05) is 13.1 Å². The van der Waals surface area contributed by atoms with E-state index in [0.717, 1.165) is 43.9 Å². The monoisotopic (exact) mass is 311 g/mol. The molecular formula is C19H25N3O. The van der Waals surface area contributed by atoms with Crippen LogP contribution < -0.4 is 4.74 Å². The third kappa shape index (κ3) is 4.29. The molecule has 2 heterocycles. The van der Waals surface area contributed by atoms with Crippen LogP contribution in [0, 0.1) is 20.8 Å². The molecule has 0 bridgehead atoms. The Kier molecular flexibility index (Phi) is 4.91. The van der Waals surface area contributed by atoms with Gasteiger partial charge in [0.15, 0.2) is 0 Å². The van der Waals surface area contributed by atoms with Crippen LogP contribution in [0.2, 0.25) is 0 Å². The van der Waals surface area contributed by atoms with Crippen LogP contribution >= 0.6 is 0 Å². The molecule has 1 aromatic heterocycles. The molecule has 0 aliphatic carbocycles. The number of aromatic nitrogens is 2. The fourth-order valence-electron chi connectivity index (χ4n) is 2.92. The number of rotatable bonds is 4. The van der Waals surface area contributed by atoms with E-state index in [-0.39, 0.29) is 6.10 Å². The van der Waals surface area contributed by atoms with Crippen LogP contribution in [0.5, 0.6) is 5.88 Å². The molecule has 0 amide bonds. The molecule has 0 radical (unpaired) electrons. The van der Waals surface area contributed by atoms with Gasteiger partial charge in [0.25, 0.3) is 0 Å². The average Bonchev–Trinajstić information content (AvgIpc) is 2.55. The third-order valence-corrected chi connectivity index (χ3v) is 4.37. The van der Waals surface area contributed by atoms with Gasteiger partial charge in [-0.2, -0.15) is 0 Å². The molecule has 3 rings (SSSR count). The second kappa shape index (κ2) is 7.09. The summed E-state index contributed by atoms with van der Waals surface area (Å²) in [6.07, 6.45) is 4.12. The molecule has 1 aliphatic heterocycles. The van der Waals surface area contributed by atoms with Crippen LogP contribution in [0.1, 0.15) is 35.4 Å². The van der Waals surface area contributed by atoms with Gasteiger partial charge in [0.05, 0.1) is 11.4 Å². The van der Waals surface area contributed by atoms with Gasteiger partial charge in [0.2, 0.25) is 5.88 Å². The molecule has 0 saturated carbocycles. The number of hydrogen-bond donors (Lipinski definition) is 0. The van der Waals surface area contributed by atoms with Gasteiger partial charge < -0.3 is 4.74 Å². The van der Waals surface area contributed by atoms with Crippen LogP contribution in [0.4, 0.5) is 0 Å². The molecule has 1 saturated heterocycles. The van der Waals surface area contributed by atoms with Crippen molar-refractivity contribution in [1.29, 1.82) is 0 Å². The molecule has 0 atom stereocenters. The zero-order chi connectivity index (χ0) is 16.2. The van der Waals surface area contributed by atoms with Crippen molar-refractivity contribution in [1.82, 2.24) is 14.9 Å². The number of benzene rings is 1. The highest BCUT2D eigenvalue weighted by Gasteiger charge is 2.21. The largest absolute Gasteiger partial charge is 0.473 e. The highest BCUT2D eigenvalue weighted by atomic mass is 16.5. The van der Waals surface area contributed by atoms with Crippen LogP contribution in [0.15, 0.2) is 30.5 Å². The maximum Gasteiger partial charge on any atom is 0.235 e. The second-order valence-corrected chi connectivity index (χ2v) is 6.48. The summed E-state index contributed by atoms with van der Waals surface area (Å²) in [7, 11) is 0. The standard InChI is InChI=1S/C19H25N3O/c1-14-4-6-17(7-5-14)13-22-10-8-18(9-11-22)23-19-16(3)20-12-15(2)21-19/h4-7,12,18H,8-11,13H2,1-3H3. The number of piperidine rings is 1. The lowest BCUT2D eigenvalue weighted by Crippen LogP contribution is -2.38. The summed E-state index contributed by atoms with van der Waals surface area (Å²) in [5.41, 5.74) is 4.48. The summed E-state index contributed by atoms with van der Waals surface area (Å²) >= 11 is 0. The molecule has 1 fully saturated rings. The average molecular weight is 311 g/mol. The normalized spacial score (nSPS) is 16.5. The molecule has 0 unspecified atom stereocenters. The topological polar surface area (TPSA) is 38.2 Å². The minimum atomic E-state index is 0.249. The van der Waals surface area contributed by atoms with Crippen molar-refractivity contribution < 1.29 is 4.74 Å². The molecule has 1 aromatic carbocycles. The first kappa shape index (κ1) is 15.9. The van der Waals surface area contributed by atoms with E-state index in [1.807, 2.05) is 13.8 Å². The number of aryl methyl sites for hydroxylation is 3. The van der Waals surface area contributed by atoms with Crippen molar-refractivity contribution in [3.63, 3.8) is 0 Å². The summed E-state index contributed by atoms with van der Waals surface area (Å²) in [4.78, 5) is 11.3. The molecule has 4 nitrogen and oxygen atoms in total. The van der Waals surface area contributed by atoms with Crippen LogP contribution in [-0.4, -0.2) is 34.1 Å². The Morgan fingerprint density at radius 3 is 2.48 bits per heavy atom. The van der Waals surface area contributed by atoms with Crippen molar-refractivity contribution in [3.05, 3.63) is 53.0 Å². The highest BCUT2D eigenvalue weighted by Crippen LogP contribution is 2.20. The van der Waals surface area contributed by atoms with E-state index < -0.39 is 0 Å². The van der Waals surface area contributed by atoms with Crippen molar-refractivity contribution in [3.8, 4) is 5.88 Å². The maximum atomic E-state index is 6.08. The van der Waals surface area contributed by atoms with Crippen LogP contribution in [0.25, 0.3) is 0 Å². The molecule has 0 N–H and O–H groups in total. The van der Waals surface area contributed by atoms with E-state index in [4.69, 9.17) is 4.74 Å². The first-order chi connectivity index (χ1) is 11.1. The van der Waals surface area contributed by atoms with Gasteiger partial charge in [-0.3, -0.25) is 9.88 Å². The van der Waals surface area contributed by atoms with E-state index in [0.29, 0.717) is 5.88 Å². The molecule has 2 aromatic rings. The summed E-state index contributed by atoms with van der Waals surface area (Å²) in [6, 6.07) is 8.82. The lowest BCUT2D eigenvalue weighted by molar-refractivity contribution is 0.0921. The fourth-order valence-corrected chi connectivity index (χ4v) is 2.92. The zero-order valence-corrected chi connectivity index (χ0v) is 14.2. The van der Waals surface area contributed by atoms with E-state index >= 15 is 0 Å². The van der Waals surface area contributed by atoms with Gasteiger partial charge in [-0.05, 0) is 39.2 Å². The Morgan fingerprint density at radius 2 is 1.78 bits per heavy atom. The Labute approximate surface area is 138 Å². The molecule has 4 heteroatoms. The summed E-state index contributed by atoms with van der Waals surface area (Å²) in [5, 5.41) is 0. The first-order valence-corrected chi connectivity index (χ1v) is 8.35. The van der Waals surface area contributed by atoms with E-state index in [1.165, 1.54) is 11.1 Å². The summed E-state index contributed by atoms with van der Waals surface area (Å²) in [6.45, 7) is 9.19. The van der Waals surface area contributed by atoms with Gasteiger partial charge in [-0.25, -0.2) is 4.98 Å². The van der Waals surface area contributed by atoms with Crippen molar-refractivity contribution in [2.24, 2.45) is 0 Å². The van der Waals surface area contributed by atoms with E-state index in [9.17, 15) is 0 Å². The van der Waals surface area contributed by atoms with Crippen molar-refractivity contribution >= 4 is 0 Å². The number of nitrogens with zero attached hydrogens (tertiary/aromatic N) is 3. The minimum Gasteiger partial charge on any atom is -0.473 e. The van der Waals surface area contributed by atoms with Gasteiger partial charge >= 0.3 is 0 Å². The Bertz CT molecular complexity index is 646. The van der Waals surface area contributed by atoms with Crippen LogP contribution in [0.3, 0.4) is 0 Å². The summed E-state index contributed by atoms with van der Waals surface area (Å²) < 4.78 is 6.08. The zero-order valence-electron chi connectivity index (χ0n) is 14.2. The molecule has 1 aliphatic rings. The number of likely N-dealkylation sites (tertiary alicyclic amines) is 1. The fraction of sp³-hybridized carbons (Fsp3) is 0.474. The second-order valence-electron chi connectivity index (χ2n) is 6.48. The maximum absolute atomic E-state index is 6.08. The van der Waals surface area contributed by atoms with Gasteiger partial charge in [0, 0.05) is 25.8 Å². The Morgan fingerprint density at radius 1 is 1.09 bits per heavy atom. The number of hydrogen-bond acceptors (Lipinski definition) is 4. The SMILES string of the molecule is Cc1ccc(CN2CCC(Oc3nc(C)cnc3C)CC2)cc1. The molecule has 0 spiro atoms. The Hall–Kier alpha value is -1.94. The predicted octanol–water partition coefficient (Wildman–Crippen LogP) is 3.45.